The van der Waals surface area contributed by atoms with Gasteiger partial charge in [0.25, 0.3) is 0 Å². The van der Waals surface area contributed by atoms with Crippen LogP contribution in [0, 0.1) is 0 Å². The molecule has 1 unspecified atom stereocenters. The van der Waals surface area contributed by atoms with Crippen LogP contribution < -0.4 is 15.6 Å². The highest BCUT2D eigenvalue weighted by molar-refractivity contribution is 7.13. The molecule has 0 radical (unpaired) electrons. The molecular formula is C46H33N3Si. The summed E-state index contributed by atoms with van der Waals surface area (Å²) in [6.07, 6.45) is 0. The molecule has 50 heavy (non-hydrogen) atoms. The average molecular weight is 656 g/mol. The summed E-state index contributed by atoms with van der Waals surface area (Å²) in [5.41, 5.74) is 10.2. The molecule has 2 heterocycles. The van der Waals surface area contributed by atoms with Crippen molar-refractivity contribution in [3.05, 3.63) is 182 Å². The number of fused-ring (bicyclic) bond motifs is 3. The summed E-state index contributed by atoms with van der Waals surface area (Å²) >= 11 is 0. The van der Waals surface area contributed by atoms with Gasteiger partial charge >= 0.3 is 0 Å². The Labute approximate surface area is 293 Å². The number of nitrogens with zero attached hydrogens (tertiary/aromatic N) is 3. The third kappa shape index (κ3) is 5.09. The summed E-state index contributed by atoms with van der Waals surface area (Å²) in [5, 5.41) is 4.33. The molecule has 1 atom stereocenters. The summed E-state index contributed by atoms with van der Waals surface area (Å²) in [4.78, 5) is 15.3. The number of benzene rings is 7. The van der Waals surface area contributed by atoms with Gasteiger partial charge in [-0.05, 0) is 48.9 Å². The van der Waals surface area contributed by atoms with Gasteiger partial charge in [-0.2, -0.15) is 0 Å². The van der Waals surface area contributed by atoms with Crippen LogP contribution in [0.3, 0.4) is 0 Å². The van der Waals surface area contributed by atoms with E-state index in [0.29, 0.717) is 17.5 Å². The smallest absolute Gasteiger partial charge is 0.164 e. The first kappa shape index (κ1) is 29.9. The maximum atomic E-state index is 5.16. The van der Waals surface area contributed by atoms with Crippen molar-refractivity contribution in [1.82, 2.24) is 15.0 Å². The standard InChI is InChI=1S/C46H33N3Si/c1-50(37-19-9-4-10-20-37)42-24-14-13-22-39(42)40-30-29-36(31-43(40)50)38-21-11-12-23-41(38)46-48-44(34-17-7-3-8-18-34)47-45(49-46)35-27-25-33(26-28-35)32-15-5-2-6-16-32/h2-31H,1H3. The predicted octanol–water partition coefficient (Wildman–Crippen LogP) is 9.29. The van der Waals surface area contributed by atoms with Crippen molar-refractivity contribution in [2.24, 2.45) is 0 Å². The van der Waals surface area contributed by atoms with Crippen LogP contribution in [0.5, 0.6) is 0 Å². The molecule has 0 spiro atoms. The molecule has 1 aliphatic rings. The fraction of sp³-hybridized carbons (Fsp3) is 0.0217. The summed E-state index contributed by atoms with van der Waals surface area (Å²) in [6.45, 7) is 2.50. The maximum absolute atomic E-state index is 5.16. The second-order valence-corrected chi connectivity index (χ2v) is 16.9. The largest absolute Gasteiger partial charge is 0.208 e. The van der Waals surface area contributed by atoms with Crippen molar-refractivity contribution >= 4 is 23.6 Å². The first-order chi connectivity index (χ1) is 24.7. The van der Waals surface area contributed by atoms with Crippen molar-refractivity contribution in [1.29, 1.82) is 0 Å². The number of rotatable bonds is 6. The second kappa shape index (κ2) is 12.3. The number of aromatic nitrogens is 3. The van der Waals surface area contributed by atoms with Gasteiger partial charge in [0.05, 0.1) is 0 Å². The Bertz CT molecular complexity index is 2480. The van der Waals surface area contributed by atoms with E-state index in [9.17, 15) is 0 Å². The van der Waals surface area contributed by atoms with Gasteiger partial charge in [-0.15, -0.1) is 0 Å². The van der Waals surface area contributed by atoms with Crippen LogP contribution in [0.15, 0.2) is 182 Å². The van der Waals surface area contributed by atoms with Crippen molar-refractivity contribution < 1.29 is 0 Å². The lowest BCUT2D eigenvalue weighted by Crippen LogP contribution is -2.62. The van der Waals surface area contributed by atoms with Gasteiger partial charge in [-0.25, -0.2) is 15.0 Å². The minimum Gasteiger partial charge on any atom is -0.208 e. The predicted molar refractivity (Wildman–Crippen MR) is 209 cm³/mol. The Balaban J connectivity index is 1.19. The fourth-order valence-electron chi connectivity index (χ4n) is 7.46. The molecule has 0 N–H and O–H groups in total. The topological polar surface area (TPSA) is 38.7 Å². The molecule has 3 nitrogen and oxygen atoms in total. The molecule has 7 aromatic carbocycles. The van der Waals surface area contributed by atoms with Gasteiger partial charge in [0.1, 0.15) is 8.07 Å². The normalized spacial score (nSPS) is 14.6. The van der Waals surface area contributed by atoms with Gasteiger partial charge in [0, 0.05) is 16.7 Å². The molecule has 0 bridgehead atoms. The lowest BCUT2D eigenvalue weighted by atomic mass is 9.96. The van der Waals surface area contributed by atoms with E-state index in [1.165, 1.54) is 32.3 Å². The van der Waals surface area contributed by atoms with Crippen molar-refractivity contribution in [3.63, 3.8) is 0 Å². The Morgan fingerprint density at radius 2 is 0.760 bits per heavy atom. The Morgan fingerprint density at radius 1 is 0.320 bits per heavy atom. The Hall–Kier alpha value is -6.23. The van der Waals surface area contributed by atoms with Gasteiger partial charge in [0.2, 0.25) is 0 Å². The summed E-state index contributed by atoms with van der Waals surface area (Å²) in [6, 6.07) is 64.7. The van der Waals surface area contributed by atoms with E-state index in [2.05, 4.69) is 164 Å². The highest BCUT2D eigenvalue weighted by Gasteiger charge is 2.43. The second-order valence-electron chi connectivity index (χ2n) is 13.0. The Kier molecular flexibility index (Phi) is 7.37. The summed E-state index contributed by atoms with van der Waals surface area (Å²) in [5.74, 6) is 1.96. The molecule has 0 saturated carbocycles. The zero-order valence-electron chi connectivity index (χ0n) is 27.7. The minimum atomic E-state index is -2.24. The zero-order chi connectivity index (χ0) is 33.5. The van der Waals surface area contributed by atoms with Gasteiger partial charge in [-0.1, -0.05) is 189 Å². The van der Waals surface area contributed by atoms with Crippen molar-refractivity contribution in [2.75, 3.05) is 0 Å². The summed E-state index contributed by atoms with van der Waals surface area (Å²) < 4.78 is 0. The maximum Gasteiger partial charge on any atom is 0.164 e. The van der Waals surface area contributed by atoms with E-state index >= 15 is 0 Å². The average Bonchev–Trinajstić information content (AvgIpc) is 3.47. The van der Waals surface area contributed by atoms with E-state index in [1.54, 1.807) is 0 Å². The first-order valence-corrected chi connectivity index (χ1v) is 19.5. The summed E-state index contributed by atoms with van der Waals surface area (Å²) in [7, 11) is -2.24. The van der Waals surface area contributed by atoms with Crippen LogP contribution in [-0.2, 0) is 0 Å². The molecule has 236 valence electrons. The third-order valence-electron chi connectivity index (χ3n) is 10.1. The van der Waals surface area contributed by atoms with E-state index in [1.807, 2.05) is 24.3 Å². The molecular weight excluding hydrogens is 623 g/mol. The van der Waals surface area contributed by atoms with Crippen LogP contribution in [0.4, 0.5) is 0 Å². The molecule has 4 heteroatoms. The molecule has 9 rings (SSSR count). The SMILES string of the molecule is C[Si]1(c2ccccc2)c2ccccc2-c2ccc(-c3ccccc3-c3nc(-c4ccccc4)nc(-c4ccc(-c5ccccc5)cc4)n3)cc21. The molecule has 1 aliphatic heterocycles. The van der Waals surface area contributed by atoms with Crippen LogP contribution in [0.25, 0.3) is 67.5 Å². The molecule has 0 fully saturated rings. The van der Waals surface area contributed by atoms with Gasteiger partial charge in [0.15, 0.2) is 17.5 Å². The molecule has 0 aliphatic carbocycles. The monoisotopic (exact) mass is 655 g/mol. The van der Waals surface area contributed by atoms with Crippen molar-refractivity contribution in [3.8, 4) is 67.5 Å². The fourth-order valence-corrected chi connectivity index (χ4v) is 11.6. The minimum absolute atomic E-state index is 0.650. The van der Waals surface area contributed by atoms with E-state index in [4.69, 9.17) is 15.0 Å². The van der Waals surface area contributed by atoms with Crippen LogP contribution in [0.2, 0.25) is 6.55 Å². The molecule has 0 amide bonds. The zero-order valence-corrected chi connectivity index (χ0v) is 28.7. The van der Waals surface area contributed by atoms with E-state index in [0.717, 1.165) is 33.4 Å². The highest BCUT2D eigenvalue weighted by atomic mass is 28.3. The van der Waals surface area contributed by atoms with Gasteiger partial charge < -0.3 is 0 Å². The number of hydrogen-bond acceptors (Lipinski definition) is 3. The molecule has 8 aromatic rings. The van der Waals surface area contributed by atoms with Crippen molar-refractivity contribution in [2.45, 2.75) is 6.55 Å². The lowest BCUT2D eigenvalue weighted by molar-refractivity contribution is 1.07. The quantitative estimate of drug-likeness (QED) is 0.168. The van der Waals surface area contributed by atoms with E-state index in [-0.39, 0.29) is 0 Å². The van der Waals surface area contributed by atoms with Crippen LogP contribution >= 0.6 is 0 Å². The van der Waals surface area contributed by atoms with Crippen LogP contribution in [-0.4, -0.2) is 23.0 Å². The highest BCUT2D eigenvalue weighted by Crippen LogP contribution is 2.36. The molecule has 1 aromatic heterocycles. The first-order valence-electron chi connectivity index (χ1n) is 17.0. The Morgan fingerprint density at radius 3 is 1.44 bits per heavy atom. The third-order valence-corrected chi connectivity index (χ3v) is 14.6. The van der Waals surface area contributed by atoms with E-state index < -0.39 is 8.07 Å². The number of hydrogen-bond donors (Lipinski definition) is 0. The van der Waals surface area contributed by atoms with Gasteiger partial charge in [-0.3, -0.25) is 0 Å². The van der Waals surface area contributed by atoms with Crippen LogP contribution in [0.1, 0.15) is 0 Å². The molecule has 0 saturated heterocycles. The lowest BCUT2D eigenvalue weighted by Gasteiger charge is -2.26.